The molecule has 0 aliphatic carbocycles. The summed E-state index contributed by atoms with van der Waals surface area (Å²) in [6.45, 7) is 0. The van der Waals surface area contributed by atoms with E-state index in [1.807, 2.05) is 0 Å². The third-order valence-electron chi connectivity index (χ3n) is 1.19. The second-order valence-electron chi connectivity index (χ2n) is 1.80. The van der Waals surface area contributed by atoms with Crippen molar-refractivity contribution in [3.05, 3.63) is 0 Å². The quantitative estimate of drug-likeness (QED) is 0.563. The van der Waals surface area contributed by atoms with E-state index in [0.29, 0.717) is 0 Å². The van der Waals surface area contributed by atoms with E-state index in [1.165, 1.54) is 0 Å². The molecule has 0 aromatic carbocycles. The Kier molecular flexibility index (Phi) is 5.22. The van der Waals surface area contributed by atoms with Gasteiger partial charge in [0.05, 0.1) is 0 Å². The van der Waals surface area contributed by atoms with Crippen LogP contribution in [-0.4, -0.2) is 11.0 Å². The van der Waals surface area contributed by atoms with E-state index in [4.69, 9.17) is 31.6 Å². The number of hydrogen-bond donors (Lipinski definition) is 0. The van der Waals surface area contributed by atoms with Crippen LogP contribution in [0.5, 0.6) is 0 Å². The Bertz CT molecular complexity index is 397. The third kappa shape index (κ3) is 1.59. The van der Waals surface area contributed by atoms with Crippen molar-refractivity contribution >= 4 is 11.0 Å². The summed E-state index contributed by atoms with van der Waals surface area (Å²) >= 11 is 0. The van der Waals surface area contributed by atoms with Gasteiger partial charge in [0.15, 0.2) is 0 Å². The molecule has 0 atom stereocenters. The Labute approximate surface area is 100.0 Å². The fourth-order valence-electron chi connectivity index (χ4n) is 0.265. The first-order chi connectivity index (χ1) is 5.97. The van der Waals surface area contributed by atoms with Gasteiger partial charge in [0.2, 0.25) is 0 Å². The molecule has 1 radical (unpaired) electrons. The predicted molar refractivity (Wildman–Crippen MR) is 39.4 cm³/mol. The Morgan fingerprint density at radius 3 is 0.667 bits per heavy atom. The zero-order valence-electron chi connectivity index (χ0n) is 6.84. The van der Waals surface area contributed by atoms with Gasteiger partial charge in [0.25, 0.3) is 0 Å². The maximum Gasteiger partial charge on any atom is 4.00 e. The third-order valence-corrected chi connectivity index (χ3v) is 4.89. The monoisotopic (exact) mass is 303 g/mol. The Morgan fingerprint density at radius 1 is 0.533 bits per heavy atom. The van der Waals surface area contributed by atoms with Crippen molar-refractivity contribution in [3.8, 4) is 29.8 Å². The van der Waals surface area contributed by atoms with E-state index in [-0.39, 0.29) is 28.0 Å². The summed E-state index contributed by atoms with van der Waals surface area (Å²) < 4.78 is 0. The zero-order chi connectivity index (χ0) is 10.7. The Hall–Kier alpha value is -1.80. The number of hydrogen-bond acceptors (Lipinski definition) is 6. The van der Waals surface area contributed by atoms with E-state index >= 15 is 0 Å². The predicted octanol–water partition coefficient (Wildman–Crippen LogP) is -0.285. The van der Waals surface area contributed by atoms with Crippen LogP contribution >= 0.6 is 0 Å². The summed E-state index contributed by atoms with van der Waals surface area (Å²) in [5, 5.41) is 51.5. The average Bonchev–Trinajstić information content (AvgIpc) is 2.26. The smallest absolute Gasteiger partial charge is 2.00 e. The summed E-state index contributed by atoms with van der Waals surface area (Å²) in [4.78, 5) is 6.19. The molecular formula is C6CuFeN6Si+2. The molecule has 0 aromatic rings. The van der Waals surface area contributed by atoms with Gasteiger partial charge >= 0.3 is 100 Å². The first-order valence-electron chi connectivity index (χ1n) is 2.40. The summed E-state index contributed by atoms with van der Waals surface area (Å²) in [5.74, 6) is 0. The average molecular weight is 304 g/mol. The maximum atomic E-state index is 8.58. The van der Waals surface area contributed by atoms with Crippen LogP contribution in [0.4, 0.5) is 0 Å². The topological polar surface area (TPSA) is 143 Å². The van der Waals surface area contributed by atoms with Crippen LogP contribution in [-0.2, 0) is 27.8 Å². The van der Waals surface area contributed by atoms with Gasteiger partial charge in [0, 0.05) is 0 Å². The van der Waals surface area contributed by atoms with E-state index in [2.05, 4.69) is 0 Å². The minimum atomic E-state index is -6.17. The van der Waals surface area contributed by atoms with Crippen molar-refractivity contribution in [1.82, 2.24) is 0 Å². The molecule has 0 saturated carbocycles. The second kappa shape index (κ2) is 4.15. The first kappa shape index (κ1) is 18.9. The van der Waals surface area contributed by atoms with Crippen molar-refractivity contribution in [1.29, 1.82) is 31.6 Å². The van der Waals surface area contributed by atoms with Crippen LogP contribution in [0.2, 0.25) is 0 Å². The Balaban J connectivity index is -0.000000720. The molecule has 0 unspecified atom stereocenters. The van der Waals surface area contributed by atoms with Crippen LogP contribution in [0.3, 0.4) is 0 Å². The molecule has 0 N–H and O–H groups in total. The summed E-state index contributed by atoms with van der Waals surface area (Å²) in [7, 11) is -6.17. The zero-order valence-corrected chi connectivity index (χ0v) is 9.88. The maximum absolute atomic E-state index is 8.58. The van der Waals surface area contributed by atoms with Crippen molar-refractivity contribution < 1.29 is 27.8 Å². The first-order valence-corrected chi connectivity index (χ1v) is 5.71. The minimum Gasteiger partial charge on any atom is 2.00 e. The molecule has 0 bridgehead atoms. The fraction of sp³-hybridized carbons (Fsp3) is 0. The molecule has 0 aliphatic rings. The SMILES string of the molecule is N#[C][Fe-4]([C]#N)([C]#N)([C]#N)([C]#N)[C]#N.[Cu+2].[Si+4]. The summed E-state index contributed by atoms with van der Waals surface area (Å²) in [5.41, 5.74) is 0. The van der Waals surface area contributed by atoms with Gasteiger partial charge in [-0.05, 0) is 0 Å². The molecule has 15 heavy (non-hydrogen) atoms. The van der Waals surface area contributed by atoms with Gasteiger partial charge in [-0.15, -0.1) is 0 Å². The molecular weight excluding hydrogens is 304 g/mol. The molecule has 9 heteroatoms. The van der Waals surface area contributed by atoms with Gasteiger partial charge in [-0.2, -0.15) is 0 Å². The molecule has 0 amide bonds. The summed E-state index contributed by atoms with van der Waals surface area (Å²) in [6.07, 6.45) is 0. The fourth-order valence-corrected chi connectivity index (χ4v) is 1.09. The molecule has 75 valence electrons. The van der Waals surface area contributed by atoms with E-state index < -0.39 is 10.7 Å². The van der Waals surface area contributed by atoms with Crippen molar-refractivity contribution in [2.24, 2.45) is 0 Å². The minimum absolute atomic E-state index is 0. The number of rotatable bonds is 0. The molecule has 0 rings (SSSR count). The molecule has 0 fully saturated rings. The van der Waals surface area contributed by atoms with Gasteiger partial charge in [-0.3, -0.25) is 0 Å². The molecule has 6 nitrogen and oxygen atoms in total. The molecule has 0 aliphatic heterocycles. The van der Waals surface area contributed by atoms with Gasteiger partial charge in [0.1, 0.15) is 0 Å². The summed E-state index contributed by atoms with van der Waals surface area (Å²) in [6, 6.07) is 0. The van der Waals surface area contributed by atoms with E-state index in [9.17, 15) is 0 Å². The van der Waals surface area contributed by atoms with E-state index in [1.54, 1.807) is 0 Å². The van der Waals surface area contributed by atoms with E-state index in [0.717, 1.165) is 29.8 Å². The van der Waals surface area contributed by atoms with Crippen LogP contribution < -0.4 is 0 Å². The van der Waals surface area contributed by atoms with Crippen LogP contribution in [0, 0.1) is 61.4 Å². The van der Waals surface area contributed by atoms with Gasteiger partial charge in [-0.1, -0.05) is 0 Å². The van der Waals surface area contributed by atoms with Crippen LogP contribution in [0.1, 0.15) is 0 Å². The molecule has 0 spiro atoms. The van der Waals surface area contributed by atoms with Gasteiger partial charge in [-0.25, -0.2) is 0 Å². The molecule has 0 saturated heterocycles. The standard InChI is InChI=1S/6CN.Cu.Fe.Si/c6*1-2;;;/q;;;;;;+2;-4;+4. The van der Waals surface area contributed by atoms with Crippen LogP contribution in [0.25, 0.3) is 0 Å². The largest absolute Gasteiger partial charge is 4.00 e. The van der Waals surface area contributed by atoms with Crippen molar-refractivity contribution in [3.63, 3.8) is 0 Å². The van der Waals surface area contributed by atoms with Gasteiger partial charge < -0.3 is 0 Å². The van der Waals surface area contributed by atoms with Crippen molar-refractivity contribution in [2.45, 2.75) is 0 Å². The molecule has 0 aromatic heterocycles. The normalized spacial score (nSPS) is 11.6. The second-order valence-corrected chi connectivity index (χ2v) is 7.42. The Morgan fingerprint density at radius 2 is 0.667 bits per heavy atom. The number of nitrogens with zero attached hydrogens (tertiary/aromatic N) is 6. The van der Waals surface area contributed by atoms with Crippen LogP contribution in [0.15, 0.2) is 0 Å². The molecule has 0 heterocycles. The number of nitriles is 6. The van der Waals surface area contributed by atoms with Crippen molar-refractivity contribution in [2.75, 3.05) is 0 Å².